The summed E-state index contributed by atoms with van der Waals surface area (Å²) in [6.45, 7) is 1.10. The van der Waals surface area contributed by atoms with E-state index in [1.54, 1.807) is 0 Å². The molecule has 1 aliphatic heterocycles. The first-order valence-corrected chi connectivity index (χ1v) is 9.93. The summed E-state index contributed by atoms with van der Waals surface area (Å²) >= 11 is 0. The van der Waals surface area contributed by atoms with Gasteiger partial charge in [-0.25, -0.2) is 18.2 Å². The topological polar surface area (TPSA) is 93.2 Å². The maximum Gasteiger partial charge on any atom is 0.449 e. The molecule has 0 unspecified atom stereocenters. The van der Waals surface area contributed by atoms with Gasteiger partial charge >= 0.3 is 6.18 Å². The fourth-order valence-electron chi connectivity index (χ4n) is 3.92. The number of nitrogens with two attached hydrogens (primary N) is 1. The van der Waals surface area contributed by atoms with Crippen LogP contribution in [0.5, 0.6) is 0 Å². The lowest BCUT2D eigenvalue weighted by Crippen LogP contribution is -2.44. The quantitative estimate of drug-likeness (QED) is 0.512. The Morgan fingerprint density at radius 1 is 1.18 bits per heavy atom. The predicted octanol–water partition coefficient (Wildman–Crippen LogP) is 2.54. The molecule has 2 heterocycles. The summed E-state index contributed by atoms with van der Waals surface area (Å²) in [5, 5.41) is 2.24. The fourth-order valence-corrected chi connectivity index (χ4v) is 3.92. The molecule has 0 saturated heterocycles. The molecule has 180 valence electrons. The van der Waals surface area contributed by atoms with Gasteiger partial charge in [0.15, 0.2) is 17.3 Å². The van der Waals surface area contributed by atoms with Crippen molar-refractivity contribution < 1.29 is 35.9 Å². The van der Waals surface area contributed by atoms with Crippen LogP contribution in [0.3, 0.4) is 0 Å². The number of hydrogen-bond donors (Lipinski definition) is 2. The lowest BCUT2D eigenvalue weighted by molar-refractivity contribution is -0.148. The van der Waals surface area contributed by atoms with Crippen LogP contribution in [0.4, 0.5) is 26.3 Å². The molecule has 33 heavy (non-hydrogen) atoms. The third-order valence-corrected chi connectivity index (χ3v) is 5.46. The molecule has 0 bridgehead atoms. The first kappa shape index (κ1) is 24.6. The largest absolute Gasteiger partial charge is 0.449 e. The lowest BCUT2D eigenvalue weighted by atomic mass is 10.0. The number of hydrogen-bond acceptors (Lipinski definition) is 4. The molecule has 13 heteroatoms. The second kappa shape index (κ2) is 9.04. The standard InChI is InChI=1S/C20H21F6N5O2/c1-9-17-16(18(33)28-2)29-19(20(24,25)26)31(17)4-3-30(9)15(32)7-11(27)5-10-6-13(22)14(23)8-12(10)21/h6,8-9,11H,3-5,7,27H2,1-2H3,(H,28,33)/t9-,11+/m0/s1. The fraction of sp³-hybridized carbons (Fsp3) is 0.450. The molecule has 1 aliphatic rings. The van der Waals surface area contributed by atoms with Gasteiger partial charge in [0.25, 0.3) is 5.91 Å². The Morgan fingerprint density at radius 2 is 1.82 bits per heavy atom. The van der Waals surface area contributed by atoms with E-state index in [2.05, 4.69) is 10.3 Å². The summed E-state index contributed by atoms with van der Waals surface area (Å²) in [7, 11) is 1.24. The maximum absolute atomic E-state index is 13.9. The van der Waals surface area contributed by atoms with Crippen LogP contribution in [0.15, 0.2) is 12.1 Å². The highest BCUT2D eigenvalue weighted by Crippen LogP contribution is 2.36. The molecule has 3 N–H and O–H groups in total. The molecule has 0 aliphatic carbocycles. The van der Waals surface area contributed by atoms with Crippen molar-refractivity contribution in [2.75, 3.05) is 13.6 Å². The highest BCUT2D eigenvalue weighted by Gasteiger charge is 2.43. The number of fused-ring (bicyclic) bond motifs is 1. The molecular weight excluding hydrogens is 456 g/mol. The summed E-state index contributed by atoms with van der Waals surface area (Å²) < 4.78 is 81.5. The van der Waals surface area contributed by atoms with Gasteiger partial charge in [-0.15, -0.1) is 0 Å². The molecule has 0 spiro atoms. The van der Waals surface area contributed by atoms with Crippen LogP contribution in [-0.2, 0) is 23.9 Å². The average molecular weight is 477 g/mol. The van der Waals surface area contributed by atoms with Crippen LogP contribution in [0.2, 0.25) is 0 Å². The molecule has 0 radical (unpaired) electrons. The normalized spacial score (nSPS) is 17.0. The molecule has 3 rings (SSSR count). The van der Waals surface area contributed by atoms with Gasteiger partial charge in [0.05, 0.1) is 11.7 Å². The first-order chi connectivity index (χ1) is 15.3. The molecule has 0 saturated carbocycles. The minimum Gasteiger partial charge on any atom is -0.354 e. The van der Waals surface area contributed by atoms with E-state index in [4.69, 9.17) is 5.73 Å². The van der Waals surface area contributed by atoms with Gasteiger partial charge in [0.2, 0.25) is 11.7 Å². The number of aromatic nitrogens is 2. The minimum atomic E-state index is -4.80. The number of carbonyl (C=O) groups excluding carboxylic acids is 2. The molecule has 2 atom stereocenters. The maximum atomic E-state index is 13.9. The number of amides is 2. The van der Waals surface area contributed by atoms with Crippen molar-refractivity contribution in [1.82, 2.24) is 19.8 Å². The highest BCUT2D eigenvalue weighted by atomic mass is 19.4. The Hall–Kier alpha value is -3.09. The van der Waals surface area contributed by atoms with E-state index < -0.39 is 59.0 Å². The summed E-state index contributed by atoms with van der Waals surface area (Å²) in [6.07, 6.45) is -5.40. The number of halogens is 6. The van der Waals surface area contributed by atoms with E-state index >= 15 is 0 Å². The van der Waals surface area contributed by atoms with Gasteiger partial charge in [-0.2, -0.15) is 13.2 Å². The van der Waals surface area contributed by atoms with E-state index in [-0.39, 0.29) is 37.2 Å². The van der Waals surface area contributed by atoms with Crippen molar-refractivity contribution >= 4 is 11.8 Å². The molecule has 2 amide bonds. The molecule has 2 aromatic rings. The number of carbonyl (C=O) groups is 2. The number of imidazole rings is 1. The Kier molecular flexibility index (Phi) is 6.73. The number of alkyl halides is 3. The Balaban J connectivity index is 1.81. The van der Waals surface area contributed by atoms with Gasteiger partial charge < -0.3 is 20.5 Å². The van der Waals surface area contributed by atoms with Crippen LogP contribution < -0.4 is 11.1 Å². The minimum absolute atomic E-state index is 0.0681. The molecular formula is C20H21F6N5O2. The summed E-state index contributed by atoms with van der Waals surface area (Å²) in [4.78, 5) is 29.7. The number of nitrogens with zero attached hydrogens (tertiary/aromatic N) is 3. The zero-order chi connectivity index (χ0) is 24.7. The van der Waals surface area contributed by atoms with Crippen molar-refractivity contribution in [1.29, 1.82) is 0 Å². The van der Waals surface area contributed by atoms with Gasteiger partial charge in [-0.3, -0.25) is 9.59 Å². The number of rotatable bonds is 5. The SMILES string of the molecule is CNC(=O)c1nc(C(F)(F)F)n2c1[C@H](C)N(C(=O)C[C@H](N)Cc1cc(F)c(F)cc1F)CC2. The van der Waals surface area contributed by atoms with Crippen molar-refractivity contribution in [3.05, 3.63) is 52.4 Å². The van der Waals surface area contributed by atoms with Crippen molar-refractivity contribution in [3.63, 3.8) is 0 Å². The van der Waals surface area contributed by atoms with Crippen molar-refractivity contribution in [3.8, 4) is 0 Å². The Morgan fingerprint density at radius 3 is 2.42 bits per heavy atom. The zero-order valence-electron chi connectivity index (χ0n) is 17.6. The molecule has 7 nitrogen and oxygen atoms in total. The first-order valence-electron chi connectivity index (χ1n) is 9.93. The summed E-state index contributed by atoms with van der Waals surface area (Å²) in [6, 6.07) is -0.869. The zero-order valence-corrected chi connectivity index (χ0v) is 17.6. The monoisotopic (exact) mass is 477 g/mol. The van der Waals surface area contributed by atoms with Gasteiger partial charge in [-0.1, -0.05) is 0 Å². The third-order valence-electron chi connectivity index (χ3n) is 5.46. The van der Waals surface area contributed by atoms with E-state index in [1.165, 1.54) is 18.9 Å². The summed E-state index contributed by atoms with van der Waals surface area (Å²) in [5.74, 6) is -6.25. The van der Waals surface area contributed by atoms with E-state index in [0.717, 1.165) is 4.57 Å². The van der Waals surface area contributed by atoms with Crippen LogP contribution in [0.1, 0.15) is 47.0 Å². The van der Waals surface area contributed by atoms with Crippen molar-refractivity contribution in [2.45, 2.75) is 44.6 Å². The van der Waals surface area contributed by atoms with E-state index in [1.807, 2.05) is 0 Å². The van der Waals surface area contributed by atoms with Crippen LogP contribution >= 0.6 is 0 Å². The van der Waals surface area contributed by atoms with Gasteiger partial charge in [0.1, 0.15) is 5.82 Å². The smallest absolute Gasteiger partial charge is 0.354 e. The number of nitrogens with one attached hydrogen (secondary N) is 1. The van der Waals surface area contributed by atoms with Gasteiger partial charge in [0, 0.05) is 38.7 Å². The van der Waals surface area contributed by atoms with E-state index in [0.29, 0.717) is 12.1 Å². The Labute approximate surface area is 184 Å². The van der Waals surface area contributed by atoms with Crippen LogP contribution in [0.25, 0.3) is 0 Å². The van der Waals surface area contributed by atoms with Crippen LogP contribution in [0, 0.1) is 17.5 Å². The average Bonchev–Trinajstić information content (AvgIpc) is 3.12. The van der Waals surface area contributed by atoms with Gasteiger partial charge in [-0.05, 0) is 25.0 Å². The number of benzene rings is 1. The highest BCUT2D eigenvalue weighted by molar-refractivity contribution is 5.93. The van der Waals surface area contributed by atoms with E-state index in [9.17, 15) is 35.9 Å². The molecule has 1 aromatic heterocycles. The van der Waals surface area contributed by atoms with Crippen molar-refractivity contribution in [2.24, 2.45) is 5.73 Å². The summed E-state index contributed by atoms with van der Waals surface area (Å²) in [5.41, 5.74) is 5.19. The Bertz CT molecular complexity index is 1080. The third kappa shape index (κ3) is 4.82. The molecule has 0 fully saturated rings. The molecule has 1 aromatic carbocycles. The lowest BCUT2D eigenvalue weighted by Gasteiger charge is -2.36. The second-order valence-electron chi connectivity index (χ2n) is 7.69. The predicted molar refractivity (Wildman–Crippen MR) is 103 cm³/mol. The second-order valence-corrected chi connectivity index (χ2v) is 7.69. The van der Waals surface area contributed by atoms with Crippen LogP contribution in [-0.4, -0.2) is 45.9 Å².